The summed E-state index contributed by atoms with van der Waals surface area (Å²) >= 11 is 0. The molecule has 3 aromatic heterocycles. The Hall–Kier alpha value is -3.25. The molecule has 1 aliphatic carbocycles. The molecule has 1 saturated heterocycles. The van der Waals surface area contributed by atoms with E-state index >= 15 is 0 Å². The van der Waals surface area contributed by atoms with E-state index in [2.05, 4.69) is 11.1 Å². The lowest BCUT2D eigenvalue weighted by Gasteiger charge is -2.30. The average molecular weight is 480 g/mol. The van der Waals surface area contributed by atoms with E-state index in [0.717, 1.165) is 42.8 Å². The minimum absolute atomic E-state index is 0.0369. The van der Waals surface area contributed by atoms with Crippen LogP contribution < -0.4 is 5.56 Å². The predicted octanol–water partition coefficient (Wildman–Crippen LogP) is 5.44. The van der Waals surface area contributed by atoms with Gasteiger partial charge in [0.1, 0.15) is 11.9 Å². The van der Waals surface area contributed by atoms with Crippen LogP contribution >= 0.6 is 0 Å². The molecular weight excluding hydrogens is 452 g/mol. The third kappa shape index (κ3) is 4.67. The van der Waals surface area contributed by atoms with Gasteiger partial charge in [0.2, 0.25) is 0 Å². The second-order valence-electron chi connectivity index (χ2n) is 9.47. The van der Waals surface area contributed by atoms with E-state index < -0.39 is 18.2 Å². The minimum atomic E-state index is -2.91. The Balaban J connectivity index is 1.53. The Labute approximate surface area is 201 Å². The lowest BCUT2D eigenvalue weighted by atomic mass is 9.85. The molecule has 182 valence electrons. The number of ether oxygens (including phenoxy) is 1. The number of halogens is 2. The van der Waals surface area contributed by atoms with Crippen LogP contribution in [0.4, 0.5) is 8.78 Å². The van der Waals surface area contributed by atoms with Crippen molar-refractivity contribution >= 4 is 11.0 Å². The molecule has 0 bridgehead atoms. The molecule has 0 amide bonds. The Bertz CT molecular complexity index is 1340. The Kier molecular flexibility index (Phi) is 6.56. The third-order valence-corrected chi connectivity index (χ3v) is 7.23. The van der Waals surface area contributed by atoms with Crippen molar-refractivity contribution in [2.24, 2.45) is 0 Å². The molecule has 4 heterocycles. The van der Waals surface area contributed by atoms with Crippen molar-refractivity contribution in [2.45, 2.75) is 76.4 Å². The van der Waals surface area contributed by atoms with Crippen LogP contribution in [0.1, 0.15) is 97.8 Å². The fourth-order valence-electron chi connectivity index (χ4n) is 5.29. The normalized spacial score (nSPS) is 21.3. The molecule has 2 aliphatic rings. The van der Waals surface area contributed by atoms with Gasteiger partial charge in [-0.15, -0.1) is 0 Å². The van der Waals surface area contributed by atoms with Gasteiger partial charge in [-0.25, -0.2) is 15.0 Å². The summed E-state index contributed by atoms with van der Waals surface area (Å²) in [7, 11) is 0. The molecule has 0 spiro atoms. The number of pyridine rings is 2. The highest BCUT2D eigenvalue weighted by Gasteiger charge is 2.30. The van der Waals surface area contributed by atoms with Gasteiger partial charge in [0.25, 0.3) is 5.56 Å². The molecule has 0 radical (unpaired) electrons. The van der Waals surface area contributed by atoms with Crippen LogP contribution in [-0.2, 0) is 4.74 Å². The van der Waals surface area contributed by atoms with Gasteiger partial charge in [0.05, 0.1) is 23.1 Å². The Morgan fingerprint density at radius 2 is 1.91 bits per heavy atom. The molecule has 2 fully saturated rings. The zero-order chi connectivity index (χ0) is 24.5. The molecular formula is C26H27F2N5O2. The van der Waals surface area contributed by atoms with E-state index in [4.69, 9.17) is 14.7 Å². The number of hydrogen-bond acceptors (Lipinski definition) is 6. The van der Waals surface area contributed by atoms with Gasteiger partial charge >= 0.3 is 6.55 Å². The zero-order valence-corrected chi connectivity index (χ0v) is 19.6. The number of fused-ring (bicyclic) bond motifs is 1. The van der Waals surface area contributed by atoms with Crippen LogP contribution in [0, 0.1) is 18.3 Å². The van der Waals surface area contributed by atoms with E-state index in [0.29, 0.717) is 58.2 Å². The number of hydrogen-bond donors (Lipinski definition) is 0. The van der Waals surface area contributed by atoms with E-state index in [1.165, 1.54) is 12.6 Å². The van der Waals surface area contributed by atoms with E-state index in [9.17, 15) is 18.8 Å². The van der Waals surface area contributed by atoms with Crippen molar-refractivity contribution in [1.82, 2.24) is 19.5 Å². The number of nitriles is 1. The molecule has 3 aromatic rings. The quantitative estimate of drug-likeness (QED) is 0.494. The van der Waals surface area contributed by atoms with Crippen molar-refractivity contribution in [3.05, 3.63) is 63.1 Å². The van der Waals surface area contributed by atoms with Gasteiger partial charge in [0, 0.05) is 36.1 Å². The molecule has 2 unspecified atom stereocenters. The molecule has 35 heavy (non-hydrogen) atoms. The maximum atomic E-state index is 13.2. The molecule has 9 heteroatoms. The number of nitrogens with zero attached hydrogens (tertiary/aromatic N) is 5. The van der Waals surface area contributed by atoms with Crippen molar-refractivity contribution < 1.29 is 13.5 Å². The van der Waals surface area contributed by atoms with Crippen LogP contribution in [0.15, 0.2) is 29.2 Å². The topological polar surface area (TPSA) is 93.7 Å². The fraction of sp³-hybridized carbons (Fsp3) is 0.500. The van der Waals surface area contributed by atoms with Crippen LogP contribution in [0.3, 0.4) is 0 Å². The van der Waals surface area contributed by atoms with Crippen LogP contribution in [0.2, 0.25) is 0 Å². The second kappa shape index (κ2) is 9.78. The Morgan fingerprint density at radius 1 is 1.11 bits per heavy atom. The van der Waals surface area contributed by atoms with Gasteiger partial charge in [-0.1, -0.05) is 19.3 Å². The van der Waals surface area contributed by atoms with Gasteiger partial charge in [-0.05, 0) is 50.3 Å². The predicted molar refractivity (Wildman–Crippen MR) is 125 cm³/mol. The molecule has 1 saturated carbocycles. The highest BCUT2D eigenvalue weighted by Crippen LogP contribution is 2.39. The summed E-state index contributed by atoms with van der Waals surface area (Å²) in [6.07, 6.45) is 7.58. The van der Waals surface area contributed by atoms with E-state index in [-0.39, 0.29) is 5.92 Å². The number of alkyl halides is 2. The molecule has 0 N–H and O–H groups in total. The minimum Gasteiger partial charge on any atom is -0.373 e. The molecule has 0 aromatic carbocycles. The average Bonchev–Trinajstić information content (AvgIpc) is 2.88. The SMILES string of the molecule is Cc1nc2nc(C3CCOC(c4ccc(=O)n(C(F)F)c4)C3)nc(C3CCCCC3)c2cc1C#N. The lowest BCUT2D eigenvalue weighted by molar-refractivity contribution is 0.00237. The van der Waals surface area contributed by atoms with Crippen molar-refractivity contribution in [2.75, 3.05) is 6.61 Å². The molecule has 5 rings (SSSR count). The number of aromatic nitrogens is 4. The van der Waals surface area contributed by atoms with Crippen LogP contribution in [0.5, 0.6) is 0 Å². The van der Waals surface area contributed by atoms with E-state index in [1.54, 1.807) is 6.07 Å². The summed E-state index contributed by atoms with van der Waals surface area (Å²) in [4.78, 5) is 26.3. The van der Waals surface area contributed by atoms with Crippen LogP contribution in [0.25, 0.3) is 11.0 Å². The third-order valence-electron chi connectivity index (χ3n) is 7.23. The molecule has 7 nitrogen and oxygen atoms in total. The molecule has 1 aliphatic heterocycles. The van der Waals surface area contributed by atoms with Crippen LogP contribution in [-0.4, -0.2) is 26.1 Å². The number of aryl methyl sites for hydroxylation is 1. The largest absolute Gasteiger partial charge is 0.373 e. The first kappa shape index (κ1) is 23.5. The second-order valence-corrected chi connectivity index (χ2v) is 9.47. The summed E-state index contributed by atoms with van der Waals surface area (Å²) in [6, 6.07) is 6.80. The highest BCUT2D eigenvalue weighted by molar-refractivity contribution is 5.80. The first-order chi connectivity index (χ1) is 16.9. The summed E-state index contributed by atoms with van der Waals surface area (Å²) in [5.41, 5.74) is 2.52. The Morgan fingerprint density at radius 3 is 2.66 bits per heavy atom. The first-order valence-corrected chi connectivity index (χ1v) is 12.2. The highest BCUT2D eigenvalue weighted by atomic mass is 19.3. The van der Waals surface area contributed by atoms with E-state index in [1.807, 2.05) is 13.0 Å². The van der Waals surface area contributed by atoms with Crippen molar-refractivity contribution in [3.8, 4) is 6.07 Å². The summed E-state index contributed by atoms with van der Waals surface area (Å²) in [6.45, 7) is -0.665. The zero-order valence-electron chi connectivity index (χ0n) is 19.6. The van der Waals surface area contributed by atoms with Crippen molar-refractivity contribution in [3.63, 3.8) is 0 Å². The lowest BCUT2D eigenvalue weighted by Crippen LogP contribution is -2.24. The summed E-state index contributed by atoms with van der Waals surface area (Å²) in [5.74, 6) is 0.949. The smallest absolute Gasteiger partial charge is 0.321 e. The summed E-state index contributed by atoms with van der Waals surface area (Å²) < 4.78 is 32.8. The summed E-state index contributed by atoms with van der Waals surface area (Å²) in [5, 5.41) is 10.4. The van der Waals surface area contributed by atoms with Gasteiger partial charge in [0.15, 0.2) is 5.65 Å². The van der Waals surface area contributed by atoms with Gasteiger partial charge in [-0.3, -0.25) is 9.36 Å². The maximum Gasteiger partial charge on any atom is 0.321 e. The standard InChI is InChI=1S/C26H27F2N5O2/c1-15-19(13-29)11-20-23(16-5-3-2-4-6-16)31-24(32-25(20)30-15)17-9-10-35-21(12-17)18-7-8-22(34)33(14-18)26(27)28/h7-8,11,14,16-17,21,26H,2-6,9-10,12H2,1H3. The van der Waals surface area contributed by atoms with Gasteiger partial charge < -0.3 is 4.74 Å². The number of rotatable bonds is 4. The first-order valence-electron chi connectivity index (χ1n) is 12.2. The van der Waals surface area contributed by atoms with Crippen molar-refractivity contribution in [1.29, 1.82) is 5.26 Å². The monoisotopic (exact) mass is 479 g/mol. The fourth-order valence-corrected chi connectivity index (χ4v) is 5.29. The maximum absolute atomic E-state index is 13.2. The van der Waals surface area contributed by atoms with Gasteiger partial charge in [-0.2, -0.15) is 14.0 Å². The molecule has 2 atom stereocenters.